The number of nitrogens with two attached hydrogens (primary N) is 1. The molecule has 1 fully saturated rings. The molecule has 0 saturated heterocycles. The number of anilines is 2. The molecule has 0 atom stereocenters. The number of ether oxygens (including phenoxy) is 1. The quantitative estimate of drug-likeness (QED) is 0.856. The van der Waals surface area contributed by atoms with Crippen LogP contribution in [0.4, 0.5) is 10.8 Å². The lowest BCUT2D eigenvalue weighted by Crippen LogP contribution is -2.01. The number of hydrogen-bond donors (Lipinski definition) is 2. The number of nitrogens with one attached hydrogen (secondary N) is 1. The lowest BCUT2D eigenvalue weighted by Gasteiger charge is -2.08. The maximum Gasteiger partial charge on any atom is 0.142 e. The van der Waals surface area contributed by atoms with E-state index in [2.05, 4.69) is 34.0 Å². The molecule has 0 amide bonds. The molecule has 0 unspecified atom stereocenters. The van der Waals surface area contributed by atoms with Gasteiger partial charge in [0.2, 0.25) is 0 Å². The normalized spacial score (nSPS) is 14.4. The van der Waals surface area contributed by atoms with Crippen LogP contribution in [-0.2, 0) is 17.9 Å². The zero-order valence-corrected chi connectivity index (χ0v) is 12.4. The van der Waals surface area contributed by atoms with Gasteiger partial charge in [0, 0.05) is 19.2 Å². The van der Waals surface area contributed by atoms with Gasteiger partial charge in [-0.1, -0.05) is 24.3 Å². The third kappa shape index (κ3) is 2.94. The van der Waals surface area contributed by atoms with Gasteiger partial charge in [-0.2, -0.15) is 4.37 Å². The highest BCUT2D eigenvalue weighted by molar-refractivity contribution is 7.10. The van der Waals surface area contributed by atoms with Crippen molar-refractivity contribution in [2.45, 2.75) is 31.9 Å². The monoisotopic (exact) mass is 289 g/mol. The van der Waals surface area contributed by atoms with Gasteiger partial charge in [0.25, 0.3) is 0 Å². The molecule has 1 aliphatic carbocycles. The smallest absolute Gasteiger partial charge is 0.142 e. The Balaban J connectivity index is 1.68. The third-order valence-corrected chi connectivity index (χ3v) is 4.33. The number of rotatable bonds is 6. The Morgan fingerprint density at radius 1 is 1.40 bits per heavy atom. The highest BCUT2D eigenvalue weighted by atomic mass is 32.1. The van der Waals surface area contributed by atoms with Crippen LogP contribution in [0, 0.1) is 0 Å². The highest BCUT2D eigenvalue weighted by Gasteiger charge is 2.30. The van der Waals surface area contributed by atoms with Crippen LogP contribution >= 0.6 is 11.5 Å². The van der Waals surface area contributed by atoms with Crippen molar-refractivity contribution in [2.24, 2.45) is 0 Å². The van der Waals surface area contributed by atoms with E-state index in [0.29, 0.717) is 18.3 Å². The second-order valence-electron chi connectivity index (χ2n) is 5.19. The number of nitrogens with zero attached hydrogens (tertiary/aromatic N) is 1. The molecule has 4 nitrogen and oxygen atoms in total. The lowest BCUT2D eigenvalue weighted by atomic mass is 10.1. The molecule has 3 rings (SSSR count). The van der Waals surface area contributed by atoms with Crippen LogP contribution in [0.3, 0.4) is 0 Å². The van der Waals surface area contributed by atoms with Gasteiger partial charge in [0.1, 0.15) is 10.8 Å². The maximum absolute atomic E-state index is 5.96. The standard InChI is InChI=1S/C15H19N3OS/c1-19-9-11-4-2-3-10(7-11)8-17-15-13(12-5-6-12)14(16)18-20-15/h2-4,7,12,17H,5-6,8-9H2,1H3,(H2,16,18). The first-order valence-corrected chi connectivity index (χ1v) is 7.61. The van der Waals surface area contributed by atoms with Gasteiger partial charge in [-0.15, -0.1) is 0 Å². The summed E-state index contributed by atoms with van der Waals surface area (Å²) < 4.78 is 9.44. The van der Waals surface area contributed by atoms with Gasteiger partial charge in [0.15, 0.2) is 0 Å². The molecule has 1 heterocycles. The predicted molar refractivity (Wildman–Crippen MR) is 83.0 cm³/mol. The third-order valence-electron chi connectivity index (χ3n) is 3.50. The van der Waals surface area contributed by atoms with Gasteiger partial charge in [-0.25, -0.2) is 0 Å². The highest BCUT2D eigenvalue weighted by Crippen LogP contribution is 2.47. The van der Waals surface area contributed by atoms with Crippen molar-refractivity contribution in [3.63, 3.8) is 0 Å². The molecule has 0 spiro atoms. The van der Waals surface area contributed by atoms with Crippen LogP contribution in [0.5, 0.6) is 0 Å². The van der Waals surface area contributed by atoms with E-state index in [0.717, 1.165) is 11.5 Å². The van der Waals surface area contributed by atoms with Crippen molar-refractivity contribution < 1.29 is 4.74 Å². The molecule has 0 aliphatic heterocycles. The number of methoxy groups -OCH3 is 1. The Morgan fingerprint density at radius 3 is 2.95 bits per heavy atom. The average Bonchev–Trinajstić information content (AvgIpc) is 3.21. The predicted octanol–water partition coefficient (Wildman–Crippen LogP) is 3.36. The molecular formula is C15H19N3OS. The molecular weight excluding hydrogens is 270 g/mol. The van der Waals surface area contributed by atoms with E-state index in [1.54, 1.807) is 7.11 Å². The molecule has 1 aromatic carbocycles. The second kappa shape index (κ2) is 5.81. The summed E-state index contributed by atoms with van der Waals surface area (Å²) in [5.41, 5.74) is 9.62. The Morgan fingerprint density at radius 2 is 2.20 bits per heavy atom. The maximum atomic E-state index is 5.96. The number of hydrogen-bond acceptors (Lipinski definition) is 5. The van der Waals surface area contributed by atoms with Crippen molar-refractivity contribution in [1.82, 2.24) is 4.37 Å². The van der Waals surface area contributed by atoms with Crippen LogP contribution in [0.15, 0.2) is 24.3 Å². The molecule has 1 aliphatic rings. The van der Waals surface area contributed by atoms with Crippen LogP contribution in [0.25, 0.3) is 0 Å². The zero-order valence-electron chi connectivity index (χ0n) is 11.6. The fourth-order valence-corrected chi connectivity index (χ4v) is 3.18. The Labute approximate surface area is 123 Å². The van der Waals surface area contributed by atoms with E-state index in [1.165, 1.54) is 41.1 Å². The summed E-state index contributed by atoms with van der Waals surface area (Å²) in [6.07, 6.45) is 2.47. The van der Waals surface area contributed by atoms with Crippen molar-refractivity contribution >= 4 is 22.4 Å². The van der Waals surface area contributed by atoms with E-state index in [9.17, 15) is 0 Å². The first kappa shape index (κ1) is 13.4. The first-order chi connectivity index (χ1) is 9.78. The minimum atomic E-state index is 0.621. The number of aromatic nitrogens is 1. The molecule has 1 saturated carbocycles. The Kier molecular flexibility index (Phi) is 3.89. The Bertz CT molecular complexity index is 593. The van der Waals surface area contributed by atoms with E-state index in [4.69, 9.17) is 10.5 Å². The summed E-state index contributed by atoms with van der Waals surface area (Å²) in [5, 5.41) is 4.60. The Hall–Kier alpha value is -1.59. The molecule has 0 radical (unpaired) electrons. The molecule has 1 aromatic heterocycles. The summed E-state index contributed by atoms with van der Waals surface area (Å²) in [6, 6.07) is 8.42. The van der Waals surface area contributed by atoms with Crippen LogP contribution < -0.4 is 11.1 Å². The van der Waals surface area contributed by atoms with Crippen LogP contribution in [-0.4, -0.2) is 11.5 Å². The topological polar surface area (TPSA) is 60.2 Å². The first-order valence-electron chi connectivity index (χ1n) is 6.83. The van der Waals surface area contributed by atoms with Crippen molar-refractivity contribution in [1.29, 1.82) is 0 Å². The minimum Gasteiger partial charge on any atom is -0.383 e. The largest absolute Gasteiger partial charge is 0.383 e. The van der Waals surface area contributed by atoms with E-state index in [1.807, 2.05) is 0 Å². The molecule has 106 valence electrons. The van der Waals surface area contributed by atoms with E-state index >= 15 is 0 Å². The van der Waals surface area contributed by atoms with Gasteiger partial charge in [-0.3, -0.25) is 0 Å². The fraction of sp³-hybridized carbons (Fsp3) is 0.400. The summed E-state index contributed by atoms with van der Waals surface area (Å²) >= 11 is 1.47. The molecule has 0 bridgehead atoms. The molecule has 3 N–H and O–H groups in total. The lowest BCUT2D eigenvalue weighted by molar-refractivity contribution is 0.185. The van der Waals surface area contributed by atoms with E-state index in [-0.39, 0.29) is 0 Å². The molecule has 5 heteroatoms. The summed E-state index contributed by atoms with van der Waals surface area (Å²) in [6.45, 7) is 1.44. The SMILES string of the molecule is COCc1cccc(CNc2snc(N)c2C2CC2)c1. The summed E-state index contributed by atoms with van der Waals surface area (Å²) in [5.74, 6) is 1.32. The minimum absolute atomic E-state index is 0.621. The van der Waals surface area contributed by atoms with Crippen LogP contribution in [0.1, 0.15) is 35.4 Å². The van der Waals surface area contributed by atoms with E-state index < -0.39 is 0 Å². The summed E-state index contributed by atoms with van der Waals surface area (Å²) in [4.78, 5) is 0. The number of nitrogen functional groups attached to an aromatic ring is 1. The number of benzene rings is 1. The summed E-state index contributed by atoms with van der Waals surface area (Å²) in [7, 11) is 1.72. The van der Waals surface area contributed by atoms with Crippen LogP contribution in [0.2, 0.25) is 0 Å². The van der Waals surface area contributed by atoms with Gasteiger partial charge >= 0.3 is 0 Å². The second-order valence-corrected chi connectivity index (χ2v) is 5.96. The van der Waals surface area contributed by atoms with Crippen molar-refractivity contribution in [3.8, 4) is 0 Å². The fourth-order valence-electron chi connectivity index (χ4n) is 2.38. The van der Waals surface area contributed by atoms with Gasteiger partial charge in [-0.05, 0) is 41.4 Å². The molecule has 2 aromatic rings. The van der Waals surface area contributed by atoms with Gasteiger partial charge in [0.05, 0.1) is 6.61 Å². The van der Waals surface area contributed by atoms with Crippen molar-refractivity contribution in [3.05, 3.63) is 41.0 Å². The van der Waals surface area contributed by atoms with Gasteiger partial charge < -0.3 is 15.8 Å². The average molecular weight is 289 g/mol. The zero-order chi connectivity index (χ0) is 13.9. The molecule has 20 heavy (non-hydrogen) atoms. The van der Waals surface area contributed by atoms with Crippen molar-refractivity contribution in [2.75, 3.05) is 18.2 Å².